The van der Waals surface area contributed by atoms with Crippen molar-refractivity contribution in [3.63, 3.8) is 0 Å². The molecule has 0 rings (SSSR count). The van der Waals surface area contributed by atoms with E-state index in [1.54, 1.807) is 6.92 Å². The molecule has 0 aliphatic rings. The highest BCUT2D eigenvalue weighted by Gasteiger charge is 2.26. The third kappa shape index (κ3) is 5.40. The van der Waals surface area contributed by atoms with Gasteiger partial charge in [0, 0.05) is 0 Å². The lowest BCUT2D eigenvalue weighted by Gasteiger charge is -2.04. The summed E-state index contributed by atoms with van der Waals surface area (Å²) in [6, 6.07) is 0. The van der Waals surface area contributed by atoms with Crippen molar-refractivity contribution in [1.29, 1.82) is 0 Å². The highest BCUT2D eigenvalue weighted by atomic mass is 19.4. The molecule has 0 N–H and O–H groups in total. The summed E-state index contributed by atoms with van der Waals surface area (Å²) in [5, 5.41) is 0. The first-order chi connectivity index (χ1) is 3.95. The average Bonchev–Trinajstić information content (AvgIpc) is 1.62. The van der Waals surface area contributed by atoms with E-state index in [1.165, 1.54) is 13.0 Å². The van der Waals surface area contributed by atoms with Crippen molar-refractivity contribution in [2.45, 2.75) is 26.4 Å². The van der Waals surface area contributed by atoms with E-state index in [0.717, 1.165) is 0 Å². The predicted molar refractivity (Wildman–Crippen MR) is 30.1 cm³/mol. The standard InChI is InChI=1S/C6H9F3/c1-3-5(2)4-6(7,8)9/h3H,4H2,1-2H3/b5-3+. The van der Waals surface area contributed by atoms with Crippen LogP contribution in [0.5, 0.6) is 0 Å². The summed E-state index contributed by atoms with van der Waals surface area (Å²) < 4.78 is 34.4. The molecule has 0 spiro atoms. The summed E-state index contributed by atoms with van der Waals surface area (Å²) in [5.74, 6) is 0. The molecule has 54 valence electrons. The van der Waals surface area contributed by atoms with E-state index < -0.39 is 12.6 Å². The molecule has 0 aromatic carbocycles. The van der Waals surface area contributed by atoms with Gasteiger partial charge >= 0.3 is 6.18 Å². The van der Waals surface area contributed by atoms with Gasteiger partial charge in [-0.1, -0.05) is 11.6 Å². The van der Waals surface area contributed by atoms with Gasteiger partial charge in [0.05, 0.1) is 6.42 Å². The normalized spacial score (nSPS) is 14.1. The van der Waals surface area contributed by atoms with E-state index in [4.69, 9.17) is 0 Å². The second-order valence-electron chi connectivity index (χ2n) is 1.93. The van der Waals surface area contributed by atoms with Gasteiger partial charge in [-0.25, -0.2) is 0 Å². The zero-order valence-corrected chi connectivity index (χ0v) is 5.42. The Labute approximate surface area is 52.4 Å². The molecule has 0 bridgehead atoms. The van der Waals surface area contributed by atoms with Gasteiger partial charge in [-0.05, 0) is 13.8 Å². The van der Waals surface area contributed by atoms with Crippen molar-refractivity contribution in [3.8, 4) is 0 Å². The lowest BCUT2D eigenvalue weighted by Crippen LogP contribution is -2.06. The van der Waals surface area contributed by atoms with Gasteiger partial charge in [0.1, 0.15) is 0 Å². The predicted octanol–water partition coefficient (Wildman–Crippen LogP) is 2.91. The van der Waals surface area contributed by atoms with Gasteiger partial charge < -0.3 is 0 Å². The fourth-order valence-electron chi connectivity index (χ4n) is 0.418. The van der Waals surface area contributed by atoms with Gasteiger partial charge in [-0.3, -0.25) is 0 Å². The number of halogens is 3. The minimum absolute atomic E-state index is 0.363. The average molecular weight is 138 g/mol. The zero-order chi connectivity index (χ0) is 7.49. The Morgan fingerprint density at radius 2 is 1.89 bits per heavy atom. The third-order valence-electron chi connectivity index (χ3n) is 0.972. The molecule has 0 saturated heterocycles. The van der Waals surface area contributed by atoms with Crippen molar-refractivity contribution >= 4 is 0 Å². The molecule has 0 aromatic heterocycles. The minimum atomic E-state index is -4.05. The third-order valence-corrected chi connectivity index (χ3v) is 0.972. The summed E-state index contributed by atoms with van der Waals surface area (Å²) in [5.41, 5.74) is 0.363. The molecule has 0 amide bonds. The van der Waals surface area contributed by atoms with Crippen LogP contribution in [0.3, 0.4) is 0 Å². The second kappa shape index (κ2) is 2.90. The molecule has 0 unspecified atom stereocenters. The molecule has 0 aliphatic carbocycles. The number of alkyl halides is 3. The number of rotatable bonds is 1. The summed E-state index contributed by atoms with van der Waals surface area (Å²) in [6.45, 7) is 3.06. The van der Waals surface area contributed by atoms with Crippen molar-refractivity contribution in [2.75, 3.05) is 0 Å². The van der Waals surface area contributed by atoms with Crippen LogP contribution in [0, 0.1) is 0 Å². The van der Waals surface area contributed by atoms with Crippen LogP contribution in [0.4, 0.5) is 13.2 Å². The first kappa shape index (κ1) is 8.53. The molecule has 0 radical (unpaired) electrons. The molecule has 0 nitrogen and oxygen atoms in total. The Morgan fingerprint density at radius 3 is 2.00 bits per heavy atom. The maximum atomic E-state index is 11.5. The zero-order valence-electron chi connectivity index (χ0n) is 5.42. The molecule has 9 heavy (non-hydrogen) atoms. The van der Waals surface area contributed by atoms with Crippen molar-refractivity contribution in [3.05, 3.63) is 11.6 Å². The Balaban J connectivity index is 3.75. The molecule has 0 atom stereocenters. The lowest BCUT2D eigenvalue weighted by molar-refractivity contribution is -0.127. The highest BCUT2D eigenvalue weighted by molar-refractivity contribution is 4.97. The molecular weight excluding hydrogens is 129 g/mol. The maximum absolute atomic E-state index is 11.5. The summed E-state index contributed by atoms with van der Waals surface area (Å²) in [4.78, 5) is 0. The van der Waals surface area contributed by atoms with Crippen LogP contribution in [-0.2, 0) is 0 Å². The van der Waals surface area contributed by atoms with Crippen LogP contribution < -0.4 is 0 Å². The largest absolute Gasteiger partial charge is 0.392 e. The molecule has 0 saturated carbocycles. The monoisotopic (exact) mass is 138 g/mol. The molecule has 0 aliphatic heterocycles. The number of hydrogen-bond donors (Lipinski definition) is 0. The van der Waals surface area contributed by atoms with E-state index in [-0.39, 0.29) is 0 Å². The van der Waals surface area contributed by atoms with Gasteiger partial charge in [0.25, 0.3) is 0 Å². The summed E-state index contributed by atoms with van der Waals surface area (Å²) in [7, 11) is 0. The van der Waals surface area contributed by atoms with Gasteiger partial charge in [0.2, 0.25) is 0 Å². The van der Waals surface area contributed by atoms with Crippen LogP contribution in [0.25, 0.3) is 0 Å². The summed E-state index contributed by atoms with van der Waals surface area (Å²) >= 11 is 0. The van der Waals surface area contributed by atoms with Crippen molar-refractivity contribution < 1.29 is 13.2 Å². The van der Waals surface area contributed by atoms with Crippen LogP contribution in [0.2, 0.25) is 0 Å². The fraction of sp³-hybridized carbons (Fsp3) is 0.667. The van der Waals surface area contributed by atoms with Gasteiger partial charge in [-0.15, -0.1) is 0 Å². The van der Waals surface area contributed by atoms with E-state index in [9.17, 15) is 13.2 Å². The Kier molecular flexibility index (Phi) is 2.74. The van der Waals surface area contributed by atoms with Gasteiger partial charge in [-0.2, -0.15) is 13.2 Å². The molecule has 0 aromatic rings. The summed E-state index contributed by atoms with van der Waals surface area (Å²) in [6.07, 6.45) is -3.37. The molecule has 3 heteroatoms. The van der Waals surface area contributed by atoms with E-state index in [2.05, 4.69) is 0 Å². The van der Waals surface area contributed by atoms with Crippen LogP contribution in [-0.4, -0.2) is 6.18 Å². The van der Waals surface area contributed by atoms with E-state index in [0.29, 0.717) is 5.57 Å². The van der Waals surface area contributed by atoms with Crippen LogP contribution in [0.15, 0.2) is 11.6 Å². The topological polar surface area (TPSA) is 0 Å². The quantitative estimate of drug-likeness (QED) is 0.489. The number of allylic oxidation sites excluding steroid dienone is 2. The first-order valence-electron chi connectivity index (χ1n) is 2.64. The molecule has 0 fully saturated rings. The smallest absolute Gasteiger partial charge is 0.171 e. The Bertz CT molecular complexity index is 110. The highest BCUT2D eigenvalue weighted by Crippen LogP contribution is 2.23. The van der Waals surface area contributed by atoms with E-state index in [1.807, 2.05) is 0 Å². The van der Waals surface area contributed by atoms with Crippen molar-refractivity contribution in [2.24, 2.45) is 0 Å². The van der Waals surface area contributed by atoms with E-state index >= 15 is 0 Å². The number of hydrogen-bond acceptors (Lipinski definition) is 0. The second-order valence-corrected chi connectivity index (χ2v) is 1.93. The molecule has 0 heterocycles. The Hall–Kier alpha value is -0.470. The maximum Gasteiger partial charge on any atom is 0.392 e. The Morgan fingerprint density at radius 1 is 1.44 bits per heavy atom. The lowest BCUT2D eigenvalue weighted by atomic mass is 10.2. The molecular formula is C6H9F3. The SMILES string of the molecule is C/C=C(\C)CC(F)(F)F. The fourth-order valence-corrected chi connectivity index (χ4v) is 0.418. The first-order valence-corrected chi connectivity index (χ1v) is 2.64. The van der Waals surface area contributed by atoms with Crippen LogP contribution >= 0.6 is 0 Å². The van der Waals surface area contributed by atoms with Crippen molar-refractivity contribution in [1.82, 2.24) is 0 Å². The van der Waals surface area contributed by atoms with Crippen LogP contribution in [0.1, 0.15) is 20.3 Å². The van der Waals surface area contributed by atoms with Gasteiger partial charge in [0.15, 0.2) is 0 Å². The minimum Gasteiger partial charge on any atom is -0.171 e.